The Hall–Kier alpha value is -3.24. The second-order valence-corrected chi connectivity index (χ2v) is 8.60. The van der Waals surface area contributed by atoms with E-state index in [2.05, 4.69) is 95.2 Å². The second-order valence-electron chi connectivity index (χ2n) is 7.36. The number of aryl methyl sites for hydroxylation is 3. The standard InChI is InChI=1S/C25H21N3S/c1-16-13-21(19-7-5-4-6-8-19)14-17(2)24(16)28-12-11-26-25(28)20-9-10-22-23(15-20)29-18(3)27-22/h4-15H,1-3H3. The van der Waals surface area contributed by atoms with Gasteiger partial charge in [0.15, 0.2) is 0 Å². The van der Waals surface area contributed by atoms with E-state index >= 15 is 0 Å². The highest BCUT2D eigenvalue weighted by molar-refractivity contribution is 7.18. The summed E-state index contributed by atoms with van der Waals surface area (Å²) in [4.78, 5) is 9.26. The van der Waals surface area contributed by atoms with Crippen LogP contribution < -0.4 is 0 Å². The monoisotopic (exact) mass is 395 g/mol. The SMILES string of the molecule is Cc1nc2ccc(-c3nccn3-c3c(C)cc(-c4ccccc4)cc3C)cc2s1. The molecule has 4 heteroatoms. The van der Waals surface area contributed by atoms with Gasteiger partial charge in [0.25, 0.3) is 0 Å². The largest absolute Gasteiger partial charge is 0.299 e. The summed E-state index contributed by atoms with van der Waals surface area (Å²) in [5.74, 6) is 0.955. The molecule has 2 aromatic heterocycles. The molecule has 0 fully saturated rings. The molecule has 0 spiro atoms. The van der Waals surface area contributed by atoms with Crippen LogP contribution in [0.1, 0.15) is 16.1 Å². The zero-order valence-corrected chi connectivity index (χ0v) is 17.5. The number of hydrogen-bond donors (Lipinski definition) is 0. The number of hydrogen-bond acceptors (Lipinski definition) is 3. The van der Waals surface area contributed by atoms with Crippen molar-refractivity contribution >= 4 is 21.6 Å². The second kappa shape index (κ2) is 6.98. The molecule has 2 heterocycles. The van der Waals surface area contributed by atoms with Crippen molar-refractivity contribution in [2.75, 3.05) is 0 Å². The number of fused-ring (bicyclic) bond motifs is 1. The lowest BCUT2D eigenvalue weighted by Crippen LogP contribution is -2.02. The van der Waals surface area contributed by atoms with E-state index in [1.54, 1.807) is 11.3 Å². The van der Waals surface area contributed by atoms with Crippen molar-refractivity contribution in [3.8, 4) is 28.2 Å². The molecule has 0 amide bonds. The van der Waals surface area contributed by atoms with Crippen LogP contribution in [0, 0.1) is 20.8 Å². The van der Waals surface area contributed by atoms with Crippen molar-refractivity contribution in [1.29, 1.82) is 0 Å². The van der Waals surface area contributed by atoms with Gasteiger partial charge in [-0.2, -0.15) is 0 Å². The molecule has 3 aromatic carbocycles. The molecule has 0 bridgehead atoms. The van der Waals surface area contributed by atoms with Crippen LogP contribution in [0.5, 0.6) is 0 Å². The summed E-state index contributed by atoms with van der Waals surface area (Å²) in [5.41, 5.74) is 8.30. The van der Waals surface area contributed by atoms with E-state index in [-0.39, 0.29) is 0 Å². The molecule has 5 rings (SSSR count). The highest BCUT2D eigenvalue weighted by atomic mass is 32.1. The zero-order chi connectivity index (χ0) is 20.0. The van der Waals surface area contributed by atoms with Gasteiger partial charge in [-0.1, -0.05) is 30.3 Å². The Morgan fingerprint density at radius 3 is 2.31 bits per heavy atom. The van der Waals surface area contributed by atoms with Crippen LogP contribution in [-0.4, -0.2) is 14.5 Å². The molecular formula is C25H21N3S. The predicted molar refractivity (Wildman–Crippen MR) is 122 cm³/mol. The fourth-order valence-electron chi connectivity index (χ4n) is 4.01. The normalized spacial score (nSPS) is 11.3. The first-order valence-corrected chi connectivity index (χ1v) is 10.5. The summed E-state index contributed by atoms with van der Waals surface area (Å²) in [5, 5.41) is 1.09. The summed E-state index contributed by atoms with van der Waals surface area (Å²) < 4.78 is 3.40. The quantitative estimate of drug-likeness (QED) is 0.339. The van der Waals surface area contributed by atoms with Gasteiger partial charge in [0.1, 0.15) is 5.82 Å². The van der Waals surface area contributed by atoms with Gasteiger partial charge >= 0.3 is 0 Å². The molecule has 0 saturated heterocycles. The molecule has 5 aromatic rings. The lowest BCUT2D eigenvalue weighted by Gasteiger charge is -2.16. The minimum Gasteiger partial charge on any atom is -0.299 e. The number of aromatic nitrogens is 3. The van der Waals surface area contributed by atoms with E-state index in [1.165, 1.54) is 32.6 Å². The van der Waals surface area contributed by atoms with Crippen molar-refractivity contribution in [3.05, 3.63) is 89.2 Å². The number of rotatable bonds is 3. The van der Waals surface area contributed by atoms with E-state index in [4.69, 9.17) is 0 Å². The van der Waals surface area contributed by atoms with Crippen molar-refractivity contribution in [2.45, 2.75) is 20.8 Å². The van der Waals surface area contributed by atoms with E-state index in [1.807, 2.05) is 13.1 Å². The maximum absolute atomic E-state index is 4.69. The molecule has 0 radical (unpaired) electrons. The fraction of sp³-hybridized carbons (Fsp3) is 0.120. The number of thiazole rings is 1. The highest BCUT2D eigenvalue weighted by Gasteiger charge is 2.14. The Labute approximate surface area is 174 Å². The molecule has 0 aliphatic rings. The van der Waals surface area contributed by atoms with Crippen molar-refractivity contribution < 1.29 is 0 Å². The van der Waals surface area contributed by atoms with Gasteiger partial charge in [0.2, 0.25) is 0 Å². The Kier molecular flexibility index (Phi) is 4.29. The lowest BCUT2D eigenvalue weighted by molar-refractivity contribution is 1.03. The third-order valence-electron chi connectivity index (χ3n) is 5.23. The minimum absolute atomic E-state index is 0.955. The van der Waals surface area contributed by atoms with Crippen molar-refractivity contribution in [1.82, 2.24) is 14.5 Å². The van der Waals surface area contributed by atoms with Crippen LogP contribution in [0.3, 0.4) is 0 Å². The molecule has 3 nitrogen and oxygen atoms in total. The summed E-state index contributed by atoms with van der Waals surface area (Å²) in [7, 11) is 0. The molecule has 0 saturated carbocycles. The maximum atomic E-state index is 4.69. The van der Waals surface area contributed by atoms with E-state index in [0.29, 0.717) is 0 Å². The van der Waals surface area contributed by atoms with Crippen molar-refractivity contribution in [3.63, 3.8) is 0 Å². The summed E-state index contributed by atoms with van der Waals surface area (Å²) in [6.45, 7) is 6.40. The van der Waals surface area contributed by atoms with Gasteiger partial charge in [-0.3, -0.25) is 4.57 Å². The Morgan fingerprint density at radius 2 is 1.55 bits per heavy atom. The minimum atomic E-state index is 0.955. The van der Waals surface area contributed by atoms with Gasteiger partial charge in [-0.25, -0.2) is 9.97 Å². The predicted octanol–water partition coefficient (Wildman–Crippen LogP) is 6.74. The third kappa shape index (κ3) is 3.15. The Balaban J connectivity index is 1.63. The molecule has 0 atom stereocenters. The summed E-state index contributed by atoms with van der Waals surface area (Å²) in [6, 6.07) is 21.5. The average molecular weight is 396 g/mol. The third-order valence-corrected chi connectivity index (χ3v) is 6.17. The van der Waals surface area contributed by atoms with Crippen LogP contribution in [0.25, 0.3) is 38.4 Å². The van der Waals surface area contributed by atoms with Gasteiger partial charge in [-0.15, -0.1) is 11.3 Å². The highest BCUT2D eigenvalue weighted by Crippen LogP contribution is 2.32. The summed E-state index contributed by atoms with van der Waals surface area (Å²) >= 11 is 1.72. The topological polar surface area (TPSA) is 30.7 Å². The number of imidazole rings is 1. The van der Waals surface area contributed by atoms with Gasteiger partial charge in [0.05, 0.1) is 20.9 Å². The first kappa shape index (κ1) is 17.8. The van der Waals surface area contributed by atoms with Crippen LogP contribution in [0.15, 0.2) is 73.1 Å². The maximum Gasteiger partial charge on any atom is 0.144 e. The van der Waals surface area contributed by atoms with Crippen LogP contribution in [0.4, 0.5) is 0 Å². The van der Waals surface area contributed by atoms with E-state index in [0.717, 1.165) is 21.9 Å². The molecular weight excluding hydrogens is 374 g/mol. The van der Waals surface area contributed by atoms with E-state index in [9.17, 15) is 0 Å². The number of nitrogens with zero attached hydrogens (tertiary/aromatic N) is 3. The van der Waals surface area contributed by atoms with Gasteiger partial charge in [-0.05, 0) is 73.4 Å². The fourth-order valence-corrected chi connectivity index (χ4v) is 4.88. The summed E-state index contributed by atoms with van der Waals surface area (Å²) in [6.07, 6.45) is 3.93. The molecule has 142 valence electrons. The van der Waals surface area contributed by atoms with Crippen LogP contribution in [-0.2, 0) is 0 Å². The van der Waals surface area contributed by atoms with E-state index < -0.39 is 0 Å². The molecule has 0 N–H and O–H groups in total. The molecule has 0 aliphatic carbocycles. The molecule has 0 unspecified atom stereocenters. The smallest absolute Gasteiger partial charge is 0.144 e. The van der Waals surface area contributed by atoms with Crippen LogP contribution in [0.2, 0.25) is 0 Å². The van der Waals surface area contributed by atoms with Gasteiger partial charge in [0, 0.05) is 18.0 Å². The zero-order valence-electron chi connectivity index (χ0n) is 16.7. The molecule has 29 heavy (non-hydrogen) atoms. The number of benzene rings is 3. The first-order chi connectivity index (χ1) is 14.1. The average Bonchev–Trinajstić information content (AvgIpc) is 3.33. The molecule has 0 aliphatic heterocycles. The first-order valence-electron chi connectivity index (χ1n) is 9.68. The Morgan fingerprint density at radius 1 is 0.793 bits per heavy atom. The lowest BCUT2D eigenvalue weighted by atomic mass is 9.98. The Bertz CT molecular complexity index is 1310. The van der Waals surface area contributed by atoms with Crippen LogP contribution >= 0.6 is 11.3 Å². The van der Waals surface area contributed by atoms with Crippen molar-refractivity contribution in [2.24, 2.45) is 0 Å². The van der Waals surface area contributed by atoms with Gasteiger partial charge < -0.3 is 0 Å².